The summed E-state index contributed by atoms with van der Waals surface area (Å²) in [6, 6.07) is 11.5. The zero-order valence-corrected chi connectivity index (χ0v) is 17.9. The molecule has 2 aromatic rings. The molecule has 2 aromatic carbocycles. The van der Waals surface area contributed by atoms with Gasteiger partial charge in [0, 0.05) is 24.1 Å². The van der Waals surface area contributed by atoms with Crippen LogP contribution in [-0.4, -0.2) is 41.5 Å². The van der Waals surface area contributed by atoms with Crippen LogP contribution in [0.3, 0.4) is 0 Å². The molecule has 0 fully saturated rings. The molecule has 2 N–H and O–H groups in total. The highest BCUT2D eigenvalue weighted by Gasteiger charge is 2.30. The highest BCUT2D eigenvalue weighted by Crippen LogP contribution is 2.36. The maximum Gasteiger partial charge on any atom is 0.243 e. The second-order valence-corrected chi connectivity index (χ2v) is 8.61. The molecule has 0 radical (unpaired) electrons. The van der Waals surface area contributed by atoms with Crippen molar-refractivity contribution in [2.75, 3.05) is 24.2 Å². The van der Waals surface area contributed by atoms with Crippen LogP contribution >= 0.6 is 11.8 Å². The second-order valence-electron chi connectivity index (χ2n) is 7.37. The van der Waals surface area contributed by atoms with Gasteiger partial charge in [0.2, 0.25) is 17.7 Å². The van der Waals surface area contributed by atoms with E-state index in [2.05, 4.69) is 10.6 Å². The van der Waals surface area contributed by atoms with Gasteiger partial charge in [-0.15, -0.1) is 11.8 Å². The van der Waals surface area contributed by atoms with Crippen LogP contribution in [0.1, 0.15) is 23.1 Å². The number of hydrogen-bond donors (Lipinski definition) is 2. The number of fused-ring (bicyclic) bond motifs is 1. The van der Waals surface area contributed by atoms with Crippen molar-refractivity contribution in [3.8, 4) is 0 Å². The molecule has 3 amide bonds. The number of nitrogens with zero attached hydrogens (tertiary/aromatic N) is 1. The minimum atomic E-state index is -0.510. The summed E-state index contributed by atoms with van der Waals surface area (Å²) >= 11 is 1.38. The normalized spacial score (nSPS) is 15.3. The fourth-order valence-electron chi connectivity index (χ4n) is 3.40. The van der Waals surface area contributed by atoms with Crippen molar-refractivity contribution in [3.05, 3.63) is 53.1 Å². The Morgan fingerprint density at radius 2 is 1.79 bits per heavy atom. The van der Waals surface area contributed by atoms with E-state index in [-0.39, 0.29) is 30.7 Å². The average Bonchev–Trinajstić information content (AvgIpc) is 2.65. The lowest BCUT2D eigenvalue weighted by molar-refractivity contribution is -0.134. The minimum Gasteiger partial charge on any atom is -0.336 e. The van der Waals surface area contributed by atoms with Crippen molar-refractivity contribution in [2.24, 2.45) is 0 Å². The number of amides is 3. The van der Waals surface area contributed by atoms with Crippen LogP contribution in [0.25, 0.3) is 0 Å². The SMILES string of the molecule is Cc1cc(C)c(NC(=O)CN(C)C(=O)C[C@@H]2Sc3ccccc3NC2=O)c(C)c1. The zero-order chi connectivity index (χ0) is 21.1. The molecule has 7 heteroatoms. The molecule has 3 rings (SSSR count). The van der Waals surface area contributed by atoms with E-state index in [4.69, 9.17) is 0 Å². The highest BCUT2D eigenvalue weighted by molar-refractivity contribution is 8.01. The molecule has 0 aliphatic carbocycles. The molecule has 1 heterocycles. The Bertz CT molecular complexity index is 951. The van der Waals surface area contributed by atoms with E-state index >= 15 is 0 Å². The van der Waals surface area contributed by atoms with E-state index in [0.717, 1.165) is 33.0 Å². The van der Waals surface area contributed by atoms with Crippen molar-refractivity contribution < 1.29 is 14.4 Å². The number of carbonyl (C=O) groups is 3. The van der Waals surface area contributed by atoms with Crippen LogP contribution in [0.4, 0.5) is 11.4 Å². The summed E-state index contributed by atoms with van der Waals surface area (Å²) < 4.78 is 0. The lowest BCUT2D eigenvalue weighted by atomic mass is 10.1. The van der Waals surface area contributed by atoms with Gasteiger partial charge in [0.05, 0.1) is 17.5 Å². The zero-order valence-electron chi connectivity index (χ0n) is 17.0. The van der Waals surface area contributed by atoms with Gasteiger partial charge >= 0.3 is 0 Å². The predicted molar refractivity (Wildman–Crippen MR) is 116 cm³/mol. The van der Waals surface area contributed by atoms with Gasteiger partial charge in [0.15, 0.2) is 0 Å². The third-order valence-corrected chi connectivity index (χ3v) is 6.09. The first-order valence-electron chi connectivity index (χ1n) is 9.43. The lowest BCUT2D eigenvalue weighted by Crippen LogP contribution is -2.39. The third kappa shape index (κ3) is 4.98. The fourth-order valence-corrected chi connectivity index (χ4v) is 4.50. The minimum absolute atomic E-state index is 0.0389. The quantitative estimate of drug-likeness (QED) is 0.789. The number of thioether (sulfide) groups is 1. The van der Waals surface area contributed by atoms with Gasteiger partial charge in [-0.1, -0.05) is 29.8 Å². The van der Waals surface area contributed by atoms with Crippen molar-refractivity contribution >= 4 is 40.9 Å². The molecule has 0 unspecified atom stereocenters. The molecule has 1 atom stereocenters. The Morgan fingerprint density at radius 3 is 2.48 bits per heavy atom. The van der Waals surface area contributed by atoms with Crippen molar-refractivity contribution in [3.63, 3.8) is 0 Å². The Balaban J connectivity index is 1.58. The third-order valence-electron chi connectivity index (χ3n) is 4.81. The Hall–Kier alpha value is -2.80. The first-order valence-corrected chi connectivity index (χ1v) is 10.3. The van der Waals surface area contributed by atoms with Gasteiger partial charge < -0.3 is 15.5 Å². The van der Waals surface area contributed by atoms with Crippen LogP contribution in [0.15, 0.2) is 41.3 Å². The number of anilines is 2. The first-order chi connectivity index (χ1) is 13.7. The first kappa shape index (κ1) is 20.9. The molecule has 0 saturated heterocycles. The van der Waals surface area contributed by atoms with Crippen LogP contribution in [0, 0.1) is 20.8 Å². The molecule has 1 aliphatic heterocycles. The molecule has 0 spiro atoms. The summed E-state index contributed by atoms with van der Waals surface area (Å²) in [5.74, 6) is -0.697. The standard InChI is InChI=1S/C22H25N3O3S/c1-13-9-14(2)21(15(3)10-13)24-19(26)12-25(4)20(27)11-18-22(28)23-16-7-5-6-8-17(16)29-18/h5-10,18H,11-12H2,1-4H3,(H,23,28)(H,24,26)/t18-/m0/s1. The van der Waals surface area contributed by atoms with E-state index in [0.29, 0.717) is 0 Å². The van der Waals surface area contributed by atoms with E-state index in [1.807, 2.05) is 57.2 Å². The Labute approximate surface area is 175 Å². The Morgan fingerprint density at radius 1 is 1.14 bits per heavy atom. The smallest absolute Gasteiger partial charge is 0.243 e. The molecule has 6 nitrogen and oxygen atoms in total. The number of benzene rings is 2. The number of rotatable bonds is 5. The highest BCUT2D eigenvalue weighted by atomic mass is 32.2. The summed E-state index contributed by atoms with van der Waals surface area (Å²) in [7, 11) is 1.58. The van der Waals surface area contributed by atoms with Gasteiger partial charge in [0.25, 0.3) is 0 Å². The molecular formula is C22H25N3O3S. The van der Waals surface area contributed by atoms with Gasteiger partial charge in [-0.3, -0.25) is 14.4 Å². The molecule has 1 aliphatic rings. The van der Waals surface area contributed by atoms with Crippen LogP contribution in [0.5, 0.6) is 0 Å². The van der Waals surface area contributed by atoms with Crippen molar-refractivity contribution in [2.45, 2.75) is 37.3 Å². The number of likely N-dealkylation sites (N-methyl/N-ethyl adjacent to an activating group) is 1. The molecule has 0 saturated carbocycles. The average molecular weight is 412 g/mol. The number of carbonyl (C=O) groups excluding carboxylic acids is 3. The molecule has 152 valence electrons. The van der Waals surface area contributed by atoms with Crippen LogP contribution in [0.2, 0.25) is 0 Å². The lowest BCUT2D eigenvalue weighted by Gasteiger charge is -2.25. The van der Waals surface area contributed by atoms with Crippen molar-refractivity contribution in [1.29, 1.82) is 0 Å². The number of hydrogen-bond acceptors (Lipinski definition) is 4. The number of para-hydroxylation sites is 1. The number of nitrogens with one attached hydrogen (secondary N) is 2. The Kier molecular flexibility index (Phi) is 6.27. The summed E-state index contributed by atoms with van der Waals surface area (Å²) in [5, 5.41) is 5.22. The molecule has 29 heavy (non-hydrogen) atoms. The summed E-state index contributed by atoms with van der Waals surface area (Å²) in [5.41, 5.74) is 4.65. The van der Waals surface area contributed by atoms with Gasteiger partial charge in [-0.2, -0.15) is 0 Å². The monoisotopic (exact) mass is 411 g/mol. The summed E-state index contributed by atoms with van der Waals surface area (Å²) in [4.78, 5) is 39.6. The maximum atomic E-state index is 12.6. The molecule has 0 bridgehead atoms. The van der Waals surface area contributed by atoms with Crippen LogP contribution in [-0.2, 0) is 14.4 Å². The van der Waals surface area contributed by atoms with E-state index in [9.17, 15) is 14.4 Å². The van der Waals surface area contributed by atoms with E-state index in [1.54, 1.807) is 7.05 Å². The topological polar surface area (TPSA) is 78.5 Å². The summed E-state index contributed by atoms with van der Waals surface area (Å²) in [6.07, 6.45) is 0.0389. The van der Waals surface area contributed by atoms with Crippen molar-refractivity contribution in [1.82, 2.24) is 4.90 Å². The second kappa shape index (κ2) is 8.69. The van der Waals surface area contributed by atoms with E-state index < -0.39 is 5.25 Å². The largest absolute Gasteiger partial charge is 0.336 e. The van der Waals surface area contributed by atoms with Gasteiger partial charge in [-0.05, 0) is 44.0 Å². The maximum absolute atomic E-state index is 12.6. The molecular weight excluding hydrogens is 386 g/mol. The fraction of sp³-hybridized carbons (Fsp3) is 0.318. The van der Waals surface area contributed by atoms with E-state index in [1.165, 1.54) is 16.7 Å². The predicted octanol–water partition coefficient (Wildman–Crippen LogP) is 3.51. The summed E-state index contributed by atoms with van der Waals surface area (Å²) in [6.45, 7) is 5.83. The van der Waals surface area contributed by atoms with Gasteiger partial charge in [-0.25, -0.2) is 0 Å². The van der Waals surface area contributed by atoms with Gasteiger partial charge in [0.1, 0.15) is 0 Å². The number of aryl methyl sites for hydroxylation is 3. The molecule has 0 aromatic heterocycles. The van der Waals surface area contributed by atoms with Crippen LogP contribution < -0.4 is 10.6 Å².